The Kier molecular flexibility index (Phi) is 4.60. The van der Waals surface area contributed by atoms with E-state index < -0.39 is 0 Å². The Hall–Kier alpha value is -1.34. The van der Waals surface area contributed by atoms with Crippen LogP contribution in [0.1, 0.15) is 0 Å². The van der Waals surface area contributed by atoms with Gasteiger partial charge in [0.05, 0.1) is 0 Å². The SMILES string of the molecule is CN(C)C(=O)C1CNCCN1CCN1CCNC1=O. The first-order valence-corrected chi connectivity index (χ1v) is 6.78. The summed E-state index contributed by atoms with van der Waals surface area (Å²) in [6, 6.07) is -0.111. The fraction of sp³-hybridized carbons (Fsp3) is 0.833. The number of likely N-dealkylation sites (N-methyl/N-ethyl adjacent to an activating group) is 1. The highest BCUT2D eigenvalue weighted by Gasteiger charge is 2.30. The van der Waals surface area contributed by atoms with Crippen LogP contribution < -0.4 is 10.6 Å². The number of carbonyl (C=O) groups excluding carboxylic acids is 2. The molecule has 2 rings (SSSR count). The fourth-order valence-corrected chi connectivity index (χ4v) is 2.53. The maximum atomic E-state index is 12.1. The van der Waals surface area contributed by atoms with Crippen LogP contribution in [-0.4, -0.2) is 92.6 Å². The molecule has 0 saturated carbocycles. The number of carbonyl (C=O) groups is 2. The average molecular weight is 269 g/mol. The minimum Gasteiger partial charge on any atom is -0.347 e. The van der Waals surface area contributed by atoms with Crippen molar-refractivity contribution in [2.75, 3.05) is 59.9 Å². The van der Waals surface area contributed by atoms with Crippen LogP contribution in [0.4, 0.5) is 4.79 Å². The van der Waals surface area contributed by atoms with Crippen LogP contribution >= 0.6 is 0 Å². The first-order valence-electron chi connectivity index (χ1n) is 6.78. The van der Waals surface area contributed by atoms with Crippen LogP contribution in [0, 0.1) is 0 Å². The molecule has 2 heterocycles. The van der Waals surface area contributed by atoms with E-state index in [0.29, 0.717) is 13.1 Å². The Morgan fingerprint density at radius 3 is 2.74 bits per heavy atom. The van der Waals surface area contributed by atoms with Gasteiger partial charge in [0.25, 0.3) is 0 Å². The van der Waals surface area contributed by atoms with Gasteiger partial charge in [-0.05, 0) is 0 Å². The Bertz CT molecular complexity index is 347. The van der Waals surface area contributed by atoms with E-state index in [9.17, 15) is 9.59 Å². The summed E-state index contributed by atoms with van der Waals surface area (Å²) in [5.74, 6) is 0.123. The van der Waals surface area contributed by atoms with Gasteiger partial charge in [0.2, 0.25) is 5.91 Å². The molecule has 0 aliphatic carbocycles. The van der Waals surface area contributed by atoms with Gasteiger partial charge in [-0.15, -0.1) is 0 Å². The van der Waals surface area contributed by atoms with Gasteiger partial charge in [-0.2, -0.15) is 0 Å². The zero-order chi connectivity index (χ0) is 13.8. The molecular weight excluding hydrogens is 246 g/mol. The first kappa shape index (κ1) is 14.1. The number of hydrogen-bond donors (Lipinski definition) is 2. The maximum Gasteiger partial charge on any atom is 0.317 e. The number of amides is 3. The van der Waals surface area contributed by atoms with E-state index in [1.807, 2.05) is 0 Å². The van der Waals surface area contributed by atoms with Gasteiger partial charge in [-0.3, -0.25) is 9.69 Å². The van der Waals surface area contributed by atoms with Gasteiger partial charge in [0.1, 0.15) is 6.04 Å². The number of piperazine rings is 1. The number of urea groups is 1. The van der Waals surface area contributed by atoms with Crippen molar-refractivity contribution < 1.29 is 9.59 Å². The molecule has 2 fully saturated rings. The van der Waals surface area contributed by atoms with E-state index in [1.165, 1.54) is 0 Å². The summed E-state index contributed by atoms with van der Waals surface area (Å²) in [6.45, 7) is 5.34. The molecule has 0 aromatic carbocycles. The van der Waals surface area contributed by atoms with Crippen LogP contribution in [0.5, 0.6) is 0 Å². The predicted octanol–water partition coefficient (Wildman–Crippen LogP) is -1.63. The Morgan fingerprint density at radius 1 is 1.32 bits per heavy atom. The van der Waals surface area contributed by atoms with Crippen LogP contribution in [0.25, 0.3) is 0 Å². The molecule has 2 N–H and O–H groups in total. The second-order valence-corrected chi connectivity index (χ2v) is 5.21. The van der Waals surface area contributed by atoms with Gasteiger partial charge < -0.3 is 20.4 Å². The van der Waals surface area contributed by atoms with Crippen molar-refractivity contribution in [3.05, 3.63) is 0 Å². The van der Waals surface area contributed by atoms with E-state index in [2.05, 4.69) is 15.5 Å². The summed E-state index contributed by atoms with van der Waals surface area (Å²) < 4.78 is 0. The standard InChI is InChI=1S/C12H23N5O2/c1-15(2)11(18)10-9-13-3-5-16(10)7-8-17-6-4-14-12(17)19/h10,13H,3-9H2,1-2H3,(H,14,19). The van der Waals surface area contributed by atoms with Gasteiger partial charge in [-0.25, -0.2) is 4.79 Å². The maximum absolute atomic E-state index is 12.1. The van der Waals surface area contributed by atoms with Crippen molar-refractivity contribution in [2.24, 2.45) is 0 Å². The van der Waals surface area contributed by atoms with Crippen LogP contribution in [-0.2, 0) is 4.79 Å². The van der Waals surface area contributed by atoms with Crippen molar-refractivity contribution in [1.29, 1.82) is 0 Å². The minimum atomic E-state index is -0.116. The van der Waals surface area contributed by atoms with E-state index in [1.54, 1.807) is 23.9 Å². The highest BCUT2D eigenvalue weighted by molar-refractivity contribution is 5.81. The molecule has 0 radical (unpaired) electrons. The van der Waals surface area contributed by atoms with Gasteiger partial charge in [0.15, 0.2) is 0 Å². The Morgan fingerprint density at radius 2 is 2.11 bits per heavy atom. The molecule has 108 valence electrons. The molecule has 19 heavy (non-hydrogen) atoms. The van der Waals surface area contributed by atoms with E-state index in [4.69, 9.17) is 0 Å². The number of rotatable bonds is 4. The summed E-state index contributed by atoms with van der Waals surface area (Å²) >= 11 is 0. The van der Waals surface area contributed by atoms with Crippen molar-refractivity contribution in [2.45, 2.75) is 6.04 Å². The summed E-state index contributed by atoms with van der Waals surface area (Å²) in [5, 5.41) is 6.05. The molecule has 2 saturated heterocycles. The van der Waals surface area contributed by atoms with Gasteiger partial charge >= 0.3 is 6.03 Å². The zero-order valence-electron chi connectivity index (χ0n) is 11.7. The van der Waals surface area contributed by atoms with Crippen LogP contribution in [0.3, 0.4) is 0 Å². The zero-order valence-corrected chi connectivity index (χ0v) is 11.7. The molecule has 1 atom stereocenters. The lowest BCUT2D eigenvalue weighted by molar-refractivity contribution is -0.135. The number of nitrogens with one attached hydrogen (secondary N) is 2. The number of hydrogen-bond acceptors (Lipinski definition) is 4. The van der Waals surface area contributed by atoms with Gasteiger partial charge in [-0.1, -0.05) is 0 Å². The molecule has 3 amide bonds. The van der Waals surface area contributed by atoms with Gasteiger partial charge in [0, 0.05) is 59.9 Å². The Balaban J connectivity index is 1.88. The topological polar surface area (TPSA) is 67.9 Å². The largest absolute Gasteiger partial charge is 0.347 e. The average Bonchev–Trinajstić information content (AvgIpc) is 2.81. The monoisotopic (exact) mass is 269 g/mol. The molecule has 0 aromatic rings. The highest BCUT2D eigenvalue weighted by atomic mass is 16.2. The van der Waals surface area contributed by atoms with Crippen molar-refractivity contribution >= 4 is 11.9 Å². The lowest BCUT2D eigenvalue weighted by atomic mass is 10.1. The number of nitrogens with zero attached hydrogens (tertiary/aromatic N) is 3. The molecule has 7 heteroatoms. The molecular formula is C12H23N5O2. The second-order valence-electron chi connectivity index (χ2n) is 5.21. The molecule has 7 nitrogen and oxygen atoms in total. The van der Waals surface area contributed by atoms with Crippen LogP contribution in [0.2, 0.25) is 0 Å². The predicted molar refractivity (Wildman–Crippen MR) is 71.9 cm³/mol. The molecule has 1 unspecified atom stereocenters. The second kappa shape index (κ2) is 6.21. The smallest absolute Gasteiger partial charge is 0.317 e. The lowest BCUT2D eigenvalue weighted by Crippen LogP contribution is -2.58. The first-order chi connectivity index (χ1) is 9.09. The van der Waals surface area contributed by atoms with E-state index in [-0.39, 0.29) is 18.0 Å². The minimum absolute atomic E-state index is 0.00520. The third-order valence-electron chi connectivity index (χ3n) is 3.68. The summed E-state index contributed by atoms with van der Waals surface area (Å²) in [4.78, 5) is 29.2. The van der Waals surface area contributed by atoms with E-state index >= 15 is 0 Å². The molecule has 0 spiro atoms. The molecule has 0 bridgehead atoms. The fourth-order valence-electron chi connectivity index (χ4n) is 2.53. The van der Waals surface area contributed by atoms with Crippen molar-refractivity contribution in [3.8, 4) is 0 Å². The summed E-state index contributed by atoms with van der Waals surface area (Å²) in [7, 11) is 3.56. The third kappa shape index (κ3) is 3.36. The quantitative estimate of drug-likeness (QED) is 0.643. The third-order valence-corrected chi connectivity index (χ3v) is 3.68. The van der Waals surface area contributed by atoms with E-state index in [0.717, 1.165) is 32.7 Å². The van der Waals surface area contributed by atoms with Crippen molar-refractivity contribution in [3.63, 3.8) is 0 Å². The normalized spacial score (nSPS) is 24.4. The molecule has 2 aliphatic heterocycles. The van der Waals surface area contributed by atoms with Crippen molar-refractivity contribution in [1.82, 2.24) is 25.3 Å². The summed E-state index contributed by atoms with van der Waals surface area (Å²) in [5.41, 5.74) is 0. The molecule has 2 aliphatic rings. The summed E-state index contributed by atoms with van der Waals surface area (Å²) in [6.07, 6.45) is 0. The highest BCUT2D eigenvalue weighted by Crippen LogP contribution is 2.07. The Labute approximate surface area is 113 Å². The molecule has 0 aromatic heterocycles. The lowest BCUT2D eigenvalue weighted by Gasteiger charge is -2.37. The van der Waals surface area contributed by atoms with Crippen LogP contribution in [0.15, 0.2) is 0 Å².